The minimum Gasteiger partial charge on any atom is -0.368 e. The molecule has 3 aromatic rings. The Balaban J connectivity index is 1.44. The predicted octanol–water partition coefficient (Wildman–Crippen LogP) is 3.52. The molecular weight excluding hydrogens is 368 g/mol. The predicted molar refractivity (Wildman–Crippen MR) is 113 cm³/mol. The van der Waals surface area contributed by atoms with E-state index in [-0.39, 0.29) is 18.1 Å². The molecule has 4 rings (SSSR count). The molecular formula is C22H24N4O3. The van der Waals surface area contributed by atoms with Crippen LogP contribution in [0.3, 0.4) is 0 Å². The van der Waals surface area contributed by atoms with Crippen molar-refractivity contribution in [3.8, 4) is 0 Å². The van der Waals surface area contributed by atoms with Crippen molar-refractivity contribution < 1.29 is 9.72 Å². The SMILES string of the molecule is Cc1ccc(C)c(N2CCN(C(=O)Cn3ccc4ccc([N+](=O)[O-])cc43)CC2)c1. The third-order valence-corrected chi connectivity index (χ3v) is 5.61. The average Bonchev–Trinajstić information content (AvgIpc) is 3.12. The molecule has 29 heavy (non-hydrogen) atoms. The third-order valence-electron chi connectivity index (χ3n) is 5.61. The van der Waals surface area contributed by atoms with E-state index < -0.39 is 4.92 Å². The minimum absolute atomic E-state index is 0.0343. The molecule has 0 N–H and O–H groups in total. The summed E-state index contributed by atoms with van der Waals surface area (Å²) in [4.78, 5) is 27.7. The Morgan fingerprint density at radius 2 is 1.79 bits per heavy atom. The molecule has 0 saturated carbocycles. The van der Waals surface area contributed by atoms with E-state index >= 15 is 0 Å². The maximum Gasteiger partial charge on any atom is 0.271 e. The number of benzene rings is 2. The number of piperazine rings is 1. The van der Waals surface area contributed by atoms with Gasteiger partial charge in [-0.3, -0.25) is 14.9 Å². The van der Waals surface area contributed by atoms with E-state index in [1.165, 1.54) is 28.9 Å². The molecule has 1 amide bonds. The molecule has 0 atom stereocenters. The van der Waals surface area contributed by atoms with E-state index in [2.05, 4.69) is 36.9 Å². The van der Waals surface area contributed by atoms with Crippen LogP contribution in [0, 0.1) is 24.0 Å². The number of carbonyl (C=O) groups excluding carboxylic acids is 1. The summed E-state index contributed by atoms with van der Waals surface area (Å²) in [6, 6.07) is 13.1. The second-order valence-corrected chi connectivity index (χ2v) is 7.60. The van der Waals surface area contributed by atoms with Crippen LogP contribution in [0.15, 0.2) is 48.7 Å². The molecule has 0 aliphatic carbocycles. The molecule has 0 radical (unpaired) electrons. The van der Waals surface area contributed by atoms with Crippen molar-refractivity contribution in [1.82, 2.24) is 9.47 Å². The number of hydrogen-bond donors (Lipinski definition) is 0. The fourth-order valence-corrected chi connectivity index (χ4v) is 3.93. The van der Waals surface area contributed by atoms with Gasteiger partial charge in [0.2, 0.25) is 5.91 Å². The molecule has 2 aromatic carbocycles. The van der Waals surface area contributed by atoms with Crippen LogP contribution >= 0.6 is 0 Å². The number of amides is 1. The number of carbonyl (C=O) groups is 1. The number of non-ortho nitro benzene ring substituents is 1. The van der Waals surface area contributed by atoms with Gasteiger partial charge in [-0.2, -0.15) is 0 Å². The maximum atomic E-state index is 12.8. The number of aryl methyl sites for hydroxylation is 2. The highest BCUT2D eigenvalue weighted by molar-refractivity contribution is 5.85. The molecule has 1 fully saturated rings. The van der Waals surface area contributed by atoms with E-state index in [0.29, 0.717) is 18.6 Å². The summed E-state index contributed by atoms with van der Waals surface area (Å²) in [5.41, 5.74) is 4.46. The fourth-order valence-electron chi connectivity index (χ4n) is 3.93. The van der Waals surface area contributed by atoms with Gasteiger partial charge in [-0.15, -0.1) is 0 Å². The topological polar surface area (TPSA) is 71.6 Å². The van der Waals surface area contributed by atoms with Crippen molar-refractivity contribution in [1.29, 1.82) is 0 Å². The highest BCUT2D eigenvalue weighted by Crippen LogP contribution is 2.24. The Kier molecular flexibility index (Phi) is 4.96. The number of nitrogens with zero attached hydrogens (tertiary/aromatic N) is 4. The molecule has 150 valence electrons. The van der Waals surface area contributed by atoms with Crippen LogP contribution in [-0.4, -0.2) is 46.5 Å². The van der Waals surface area contributed by atoms with Crippen molar-refractivity contribution in [3.63, 3.8) is 0 Å². The van der Waals surface area contributed by atoms with Gasteiger partial charge in [-0.1, -0.05) is 12.1 Å². The van der Waals surface area contributed by atoms with Crippen molar-refractivity contribution in [2.45, 2.75) is 20.4 Å². The lowest BCUT2D eigenvalue weighted by atomic mass is 10.1. The van der Waals surface area contributed by atoms with Gasteiger partial charge in [0, 0.05) is 55.6 Å². The Labute approximate surface area is 169 Å². The second-order valence-electron chi connectivity index (χ2n) is 7.60. The lowest BCUT2D eigenvalue weighted by molar-refractivity contribution is -0.384. The first-order valence-corrected chi connectivity index (χ1v) is 9.75. The van der Waals surface area contributed by atoms with Gasteiger partial charge in [0.05, 0.1) is 10.4 Å². The van der Waals surface area contributed by atoms with Crippen LogP contribution in [0.1, 0.15) is 11.1 Å². The zero-order chi connectivity index (χ0) is 20.5. The van der Waals surface area contributed by atoms with Gasteiger partial charge in [0.1, 0.15) is 6.54 Å². The quantitative estimate of drug-likeness (QED) is 0.503. The largest absolute Gasteiger partial charge is 0.368 e. The standard InChI is InChI=1S/C22H24N4O3/c1-16-3-4-17(2)20(13-16)23-9-11-24(12-10-23)22(27)15-25-8-7-18-5-6-19(26(28)29)14-21(18)25/h3-8,13-14H,9-12,15H2,1-2H3. The molecule has 2 heterocycles. The highest BCUT2D eigenvalue weighted by atomic mass is 16.6. The van der Waals surface area contributed by atoms with Gasteiger partial charge in [0.25, 0.3) is 5.69 Å². The van der Waals surface area contributed by atoms with Crippen LogP contribution in [0.2, 0.25) is 0 Å². The van der Waals surface area contributed by atoms with Crippen LogP contribution in [0.25, 0.3) is 10.9 Å². The summed E-state index contributed by atoms with van der Waals surface area (Å²) >= 11 is 0. The van der Waals surface area contributed by atoms with Crippen LogP contribution in [0.4, 0.5) is 11.4 Å². The number of aromatic nitrogens is 1. The fraction of sp³-hybridized carbons (Fsp3) is 0.318. The van der Waals surface area contributed by atoms with E-state index in [1.807, 2.05) is 17.2 Å². The van der Waals surface area contributed by atoms with Crippen LogP contribution in [0.5, 0.6) is 0 Å². The normalized spacial score (nSPS) is 14.4. The Hall–Kier alpha value is -3.35. The first kappa shape index (κ1) is 19.0. The second kappa shape index (κ2) is 7.58. The smallest absolute Gasteiger partial charge is 0.271 e. The zero-order valence-electron chi connectivity index (χ0n) is 16.7. The summed E-state index contributed by atoms with van der Waals surface area (Å²) in [6.45, 7) is 7.34. The molecule has 7 nitrogen and oxygen atoms in total. The molecule has 1 aliphatic heterocycles. The van der Waals surface area contributed by atoms with Gasteiger partial charge in [-0.25, -0.2) is 0 Å². The molecule has 0 bridgehead atoms. The molecule has 1 aliphatic rings. The number of rotatable bonds is 4. The lowest BCUT2D eigenvalue weighted by Gasteiger charge is -2.37. The molecule has 1 aromatic heterocycles. The van der Waals surface area contributed by atoms with Crippen molar-refractivity contribution in [2.75, 3.05) is 31.1 Å². The first-order chi connectivity index (χ1) is 13.9. The molecule has 7 heteroatoms. The Morgan fingerprint density at radius 1 is 1.03 bits per heavy atom. The first-order valence-electron chi connectivity index (χ1n) is 9.75. The third kappa shape index (κ3) is 3.81. The Bertz CT molecular complexity index is 1080. The van der Waals surface area contributed by atoms with Crippen molar-refractivity contribution in [2.24, 2.45) is 0 Å². The lowest BCUT2D eigenvalue weighted by Crippen LogP contribution is -2.49. The number of nitro benzene ring substituents is 1. The summed E-state index contributed by atoms with van der Waals surface area (Å²) in [7, 11) is 0. The van der Waals surface area contributed by atoms with Gasteiger partial charge < -0.3 is 14.4 Å². The summed E-state index contributed by atoms with van der Waals surface area (Å²) in [5.74, 6) is 0.0367. The van der Waals surface area contributed by atoms with Crippen LogP contribution < -0.4 is 4.90 Å². The highest BCUT2D eigenvalue weighted by Gasteiger charge is 2.23. The molecule has 1 saturated heterocycles. The van der Waals surface area contributed by atoms with E-state index in [1.54, 1.807) is 10.6 Å². The summed E-state index contributed by atoms with van der Waals surface area (Å²) < 4.78 is 1.79. The van der Waals surface area contributed by atoms with E-state index in [0.717, 1.165) is 18.5 Å². The minimum atomic E-state index is -0.412. The van der Waals surface area contributed by atoms with Gasteiger partial charge in [0.15, 0.2) is 0 Å². The van der Waals surface area contributed by atoms with Crippen molar-refractivity contribution >= 4 is 28.2 Å². The molecule has 0 unspecified atom stereocenters. The Morgan fingerprint density at radius 3 is 2.52 bits per heavy atom. The zero-order valence-corrected chi connectivity index (χ0v) is 16.7. The average molecular weight is 392 g/mol. The number of hydrogen-bond acceptors (Lipinski definition) is 4. The maximum absolute atomic E-state index is 12.8. The number of fused-ring (bicyclic) bond motifs is 1. The number of nitro groups is 1. The monoisotopic (exact) mass is 392 g/mol. The van der Waals surface area contributed by atoms with Gasteiger partial charge in [-0.05, 0) is 43.2 Å². The van der Waals surface area contributed by atoms with E-state index in [4.69, 9.17) is 0 Å². The van der Waals surface area contributed by atoms with Gasteiger partial charge >= 0.3 is 0 Å². The molecule has 0 spiro atoms. The number of anilines is 1. The van der Waals surface area contributed by atoms with E-state index in [9.17, 15) is 14.9 Å². The summed E-state index contributed by atoms with van der Waals surface area (Å²) in [5, 5.41) is 11.9. The summed E-state index contributed by atoms with van der Waals surface area (Å²) in [6.07, 6.45) is 1.82. The van der Waals surface area contributed by atoms with Crippen LogP contribution in [-0.2, 0) is 11.3 Å². The van der Waals surface area contributed by atoms with Crippen molar-refractivity contribution in [3.05, 3.63) is 69.9 Å².